The van der Waals surface area contributed by atoms with Crippen LogP contribution in [0.4, 0.5) is 5.69 Å². The highest BCUT2D eigenvalue weighted by Gasteiger charge is 2.23. The number of hydrogen-bond acceptors (Lipinski definition) is 8. The van der Waals surface area contributed by atoms with Crippen LogP contribution in [0.15, 0.2) is 48.0 Å². The molecule has 0 amide bonds. The third kappa shape index (κ3) is 4.51. The second kappa shape index (κ2) is 9.56. The molecule has 0 unspecified atom stereocenters. The third-order valence-corrected chi connectivity index (χ3v) is 5.32. The summed E-state index contributed by atoms with van der Waals surface area (Å²) in [6.45, 7) is 3.45. The maximum Gasteiger partial charge on any atom is 0.349 e. The second-order valence-corrected chi connectivity index (χ2v) is 7.54. The SMILES string of the molecule is Cc1nn(-c2ccccc2)c(C)c1/C=C(\C#N)C(=O)OCc1cc([N+](=O)[O-])cc2c1OCOC2. The number of fused-ring (bicyclic) bond motifs is 1. The molecule has 2 aromatic carbocycles. The topological polar surface area (TPSA) is 130 Å². The van der Waals surface area contributed by atoms with E-state index in [1.807, 2.05) is 43.3 Å². The lowest BCUT2D eigenvalue weighted by molar-refractivity contribution is -0.385. The first-order chi connectivity index (χ1) is 16.4. The predicted octanol–water partition coefficient (Wildman–Crippen LogP) is 3.91. The van der Waals surface area contributed by atoms with E-state index in [0.29, 0.717) is 28.1 Å². The zero-order valence-corrected chi connectivity index (χ0v) is 18.5. The molecule has 3 aromatic rings. The smallest absolute Gasteiger partial charge is 0.349 e. The zero-order chi connectivity index (χ0) is 24.2. The van der Waals surface area contributed by atoms with E-state index in [0.717, 1.165) is 11.4 Å². The van der Waals surface area contributed by atoms with Crippen molar-refractivity contribution < 1.29 is 23.9 Å². The maximum absolute atomic E-state index is 12.7. The minimum absolute atomic E-state index is 0.0148. The van der Waals surface area contributed by atoms with Crippen LogP contribution in [0.2, 0.25) is 0 Å². The fourth-order valence-electron chi connectivity index (χ4n) is 3.68. The Labute approximate surface area is 194 Å². The van der Waals surface area contributed by atoms with Crippen LogP contribution in [0.25, 0.3) is 11.8 Å². The molecular formula is C24H20N4O6. The number of carbonyl (C=O) groups is 1. The van der Waals surface area contributed by atoms with E-state index in [1.54, 1.807) is 11.6 Å². The van der Waals surface area contributed by atoms with E-state index in [4.69, 9.17) is 14.2 Å². The molecule has 0 saturated heterocycles. The van der Waals surface area contributed by atoms with Crippen molar-refractivity contribution in [1.82, 2.24) is 9.78 Å². The van der Waals surface area contributed by atoms with E-state index in [1.165, 1.54) is 18.2 Å². The van der Waals surface area contributed by atoms with Crippen molar-refractivity contribution in [2.45, 2.75) is 27.1 Å². The number of para-hydroxylation sites is 1. The number of rotatable bonds is 6. The standard InChI is InChI=1S/C24H20N4O6/c1-15-22(16(2)27(26-15)20-6-4-3-5-7-20)10-17(11-25)24(29)33-13-19-9-21(28(30)31)8-18-12-32-14-34-23(18)19/h3-10H,12-14H2,1-2H3/b17-10+. The number of hydrogen-bond donors (Lipinski definition) is 0. The Morgan fingerprint density at radius 3 is 2.79 bits per heavy atom. The Morgan fingerprint density at radius 1 is 1.32 bits per heavy atom. The van der Waals surface area contributed by atoms with Gasteiger partial charge in [-0.3, -0.25) is 10.1 Å². The number of esters is 1. The molecule has 0 bridgehead atoms. The van der Waals surface area contributed by atoms with Gasteiger partial charge >= 0.3 is 5.97 Å². The molecule has 0 aliphatic carbocycles. The van der Waals surface area contributed by atoms with Crippen molar-refractivity contribution in [2.24, 2.45) is 0 Å². The highest BCUT2D eigenvalue weighted by molar-refractivity contribution is 5.98. The minimum atomic E-state index is -0.860. The molecular weight excluding hydrogens is 440 g/mol. The molecule has 10 heteroatoms. The van der Waals surface area contributed by atoms with Gasteiger partial charge in [0.1, 0.15) is 24.0 Å². The lowest BCUT2D eigenvalue weighted by Crippen LogP contribution is -2.15. The zero-order valence-electron chi connectivity index (χ0n) is 18.5. The van der Waals surface area contributed by atoms with Gasteiger partial charge in [-0.2, -0.15) is 10.4 Å². The molecule has 0 fully saturated rings. The molecule has 1 aromatic heterocycles. The first-order valence-electron chi connectivity index (χ1n) is 10.3. The van der Waals surface area contributed by atoms with Gasteiger partial charge in [0.15, 0.2) is 6.79 Å². The molecule has 0 spiro atoms. The second-order valence-electron chi connectivity index (χ2n) is 7.54. The average molecular weight is 460 g/mol. The summed E-state index contributed by atoms with van der Waals surface area (Å²) in [7, 11) is 0. The van der Waals surface area contributed by atoms with Crippen LogP contribution in [0, 0.1) is 35.3 Å². The van der Waals surface area contributed by atoms with Crippen molar-refractivity contribution in [3.05, 3.63) is 86.2 Å². The van der Waals surface area contributed by atoms with Crippen LogP contribution in [-0.4, -0.2) is 27.5 Å². The molecule has 34 heavy (non-hydrogen) atoms. The number of nitro groups is 1. The number of carbonyl (C=O) groups excluding carboxylic acids is 1. The number of benzene rings is 2. The number of nitro benzene ring substituents is 1. The Kier molecular flexibility index (Phi) is 6.38. The third-order valence-electron chi connectivity index (χ3n) is 5.32. The van der Waals surface area contributed by atoms with Crippen molar-refractivity contribution in [2.75, 3.05) is 6.79 Å². The summed E-state index contributed by atoms with van der Waals surface area (Å²) >= 11 is 0. The van der Waals surface area contributed by atoms with Gasteiger partial charge in [-0.25, -0.2) is 9.48 Å². The predicted molar refractivity (Wildman–Crippen MR) is 120 cm³/mol. The number of ether oxygens (including phenoxy) is 3. The van der Waals surface area contributed by atoms with E-state index in [2.05, 4.69) is 5.10 Å². The molecule has 10 nitrogen and oxygen atoms in total. The van der Waals surface area contributed by atoms with Crippen molar-refractivity contribution in [3.8, 4) is 17.5 Å². The van der Waals surface area contributed by atoms with E-state index >= 15 is 0 Å². The minimum Gasteiger partial charge on any atom is -0.467 e. The fraction of sp³-hybridized carbons (Fsp3) is 0.208. The monoisotopic (exact) mass is 460 g/mol. The van der Waals surface area contributed by atoms with Crippen LogP contribution in [0.3, 0.4) is 0 Å². The van der Waals surface area contributed by atoms with Crippen LogP contribution in [-0.2, 0) is 27.5 Å². The Hall–Kier alpha value is -4.49. The molecule has 0 atom stereocenters. The Bertz CT molecular complexity index is 1340. The summed E-state index contributed by atoms with van der Waals surface area (Å²) in [6.07, 6.45) is 1.44. The van der Waals surface area contributed by atoms with Gasteiger partial charge in [-0.15, -0.1) is 0 Å². The first kappa shape index (κ1) is 22.7. The van der Waals surface area contributed by atoms with Gasteiger partial charge in [0.05, 0.1) is 22.9 Å². The molecule has 0 saturated carbocycles. The quantitative estimate of drug-likeness (QED) is 0.178. The van der Waals surface area contributed by atoms with Gasteiger partial charge in [-0.05, 0) is 32.1 Å². The molecule has 2 heterocycles. The first-order valence-corrected chi connectivity index (χ1v) is 10.3. The van der Waals surface area contributed by atoms with Crippen LogP contribution in [0.5, 0.6) is 5.75 Å². The van der Waals surface area contributed by atoms with Gasteiger partial charge in [0.25, 0.3) is 5.69 Å². The van der Waals surface area contributed by atoms with Crippen LogP contribution < -0.4 is 4.74 Å². The highest BCUT2D eigenvalue weighted by Crippen LogP contribution is 2.33. The maximum atomic E-state index is 12.7. The van der Waals surface area contributed by atoms with Crippen molar-refractivity contribution in [3.63, 3.8) is 0 Å². The average Bonchev–Trinajstić information content (AvgIpc) is 3.13. The molecule has 1 aliphatic rings. The van der Waals surface area contributed by atoms with Gasteiger partial charge in [0, 0.05) is 34.5 Å². The number of nitriles is 1. The summed E-state index contributed by atoms with van der Waals surface area (Å²) < 4.78 is 17.7. The van der Waals surface area contributed by atoms with Crippen LogP contribution >= 0.6 is 0 Å². The summed E-state index contributed by atoms with van der Waals surface area (Å²) in [5.41, 5.74) is 3.30. The normalized spacial score (nSPS) is 12.9. The van der Waals surface area contributed by atoms with Gasteiger partial charge < -0.3 is 14.2 Å². The number of aromatic nitrogens is 2. The molecule has 0 N–H and O–H groups in total. The largest absolute Gasteiger partial charge is 0.467 e. The molecule has 1 aliphatic heterocycles. The van der Waals surface area contributed by atoms with Gasteiger partial charge in [-0.1, -0.05) is 18.2 Å². The van der Waals surface area contributed by atoms with E-state index in [9.17, 15) is 20.2 Å². The number of nitrogens with zero attached hydrogens (tertiary/aromatic N) is 4. The molecule has 4 rings (SSSR count). The molecule has 172 valence electrons. The number of aryl methyl sites for hydroxylation is 1. The van der Waals surface area contributed by atoms with E-state index in [-0.39, 0.29) is 31.3 Å². The van der Waals surface area contributed by atoms with Crippen molar-refractivity contribution >= 4 is 17.7 Å². The lowest BCUT2D eigenvalue weighted by Gasteiger charge is -2.20. The summed E-state index contributed by atoms with van der Waals surface area (Å²) in [6, 6.07) is 14.0. The Balaban J connectivity index is 1.58. The summed E-state index contributed by atoms with van der Waals surface area (Å²) in [5.74, 6) is -0.482. The van der Waals surface area contributed by atoms with Crippen molar-refractivity contribution in [1.29, 1.82) is 5.26 Å². The molecule has 0 radical (unpaired) electrons. The lowest BCUT2D eigenvalue weighted by atomic mass is 10.1. The highest BCUT2D eigenvalue weighted by atomic mass is 16.7. The fourth-order valence-corrected chi connectivity index (χ4v) is 3.68. The van der Waals surface area contributed by atoms with Gasteiger partial charge in [0.2, 0.25) is 0 Å². The van der Waals surface area contributed by atoms with E-state index < -0.39 is 10.9 Å². The number of non-ortho nitro benzene ring substituents is 1. The summed E-state index contributed by atoms with van der Waals surface area (Å²) in [5, 5.41) is 25.4. The Morgan fingerprint density at radius 2 is 2.09 bits per heavy atom. The van der Waals surface area contributed by atoms with Crippen LogP contribution in [0.1, 0.15) is 28.1 Å². The summed E-state index contributed by atoms with van der Waals surface area (Å²) in [4.78, 5) is 23.4.